The number of aryl methyl sites for hydroxylation is 1. The Morgan fingerprint density at radius 1 is 1.03 bits per heavy atom. The molecule has 1 fully saturated rings. The smallest absolute Gasteiger partial charge is 0.260 e. The summed E-state index contributed by atoms with van der Waals surface area (Å²) in [5, 5.41) is 4.08. The monoisotopic (exact) mass is 444 g/mol. The van der Waals surface area contributed by atoms with Crippen molar-refractivity contribution in [1.82, 2.24) is 14.8 Å². The van der Waals surface area contributed by atoms with Crippen LogP contribution in [0.15, 0.2) is 48.5 Å². The third kappa shape index (κ3) is 4.68. The first-order chi connectivity index (χ1) is 16.1. The van der Waals surface area contributed by atoms with E-state index in [-0.39, 0.29) is 18.4 Å². The van der Waals surface area contributed by atoms with E-state index >= 15 is 0 Å². The number of carbonyl (C=O) groups is 2. The van der Waals surface area contributed by atoms with Crippen LogP contribution in [0.3, 0.4) is 0 Å². The highest BCUT2D eigenvalue weighted by molar-refractivity contribution is 5.95. The number of hydrogen-bond donors (Lipinski definition) is 1. The number of aromatic nitrogens is 1. The first-order valence-corrected chi connectivity index (χ1v) is 11.5. The predicted octanol–water partition coefficient (Wildman–Crippen LogP) is 3.15. The standard InChI is InChI=1S/C26H28N4O3/c1-18-6-10-23(21-9-11-24(31)28-26(18)21)33-17-25(32)30-14-12-29(13-15-30)16-20-8-7-19-4-2-3-5-22(19)27-20/h2-8,10H,9,11-17H2,1H3,(H,28,31). The Hall–Kier alpha value is -3.45. The molecule has 7 nitrogen and oxygen atoms in total. The third-order valence-corrected chi connectivity index (χ3v) is 6.46. The number of para-hydroxylation sites is 1. The van der Waals surface area contributed by atoms with Gasteiger partial charge in [0.25, 0.3) is 5.91 Å². The summed E-state index contributed by atoms with van der Waals surface area (Å²) in [5.74, 6) is 0.702. The van der Waals surface area contributed by atoms with E-state index in [4.69, 9.17) is 9.72 Å². The number of piperazine rings is 1. The van der Waals surface area contributed by atoms with Crippen molar-refractivity contribution >= 4 is 28.4 Å². The molecule has 2 amide bonds. The summed E-state index contributed by atoms with van der Waals surface area (Å²) in [4.78, 5) is 33.5. The number of rotatable bonds is 5. The minimum absolute atomic E-state index is 0.00681. The molecule has 1 saturated heterocycles. The summed E-state index contributed by atoms with van der Waals surface area (Å²) in [6, 6.07) is 16.2. The molecule has 1 N–H and O–H groups in total. The van der Waals surface area contributed by atoms with Gasteiger partial charge >= 0.3 is 0 Å². The lowest BCUT2D eigenvalue weighted by Gasteiger charge is -2.34. The second-order valence-corrected chi connectivity index (χ2v) is 8.72. The first kappa shape index (κ1) is 21.4. The molecule has 0 atom stereocenters. The Labute approximate surface area is 193 Å². The van der Waals surface area contributed by atoms with Crippen molar-refractivity contribution in [2.75, 3.05) is 38.1 Å². The number of amides is 2. The molecular weight excluding hydrogens is 416 g/mol. The molecule has 3 heterocycles. The first-order valence-electron chi connectivity index (χ1n) is 11.5. The molecule has 2 aliphatic heterocycles. The highest BCUT2D eigenvalue weighted by Gasteiger charge is 2.24. The molecule has 33 heavy (non-hydrogen) atoms. The predicted molar refractivity (Wildman–Crippen MR) is 127 cm³/mol. The zero-order chi connectivity index (χ0) is 22.8. The van der Waals surface area contributed by atoms with Crippen LogP contribution in [0.4, 0.5) is 5.69 Å². The van der Waals surface area contributed by atoms with Crippen LogP contribution < -0.4 is 10.1 Å². The van der Waals surface area contributed by atoms with Crippen LogP contribution in [0.2, 0.25) is 0 Å². The van der Waals surface area contributed by atoms with E-state index in [1.54, 1.807) is 0 Å². The SMILES string of the molecule is Cc1ccc(OCC(=O)N2CCN(Cc3ccc4ccccc4n3)CC2)c2c1NC(=O)CC2. The van der Waals surface area contributed by atoms with Gasteiger partial charge in [-0.2, -0.15) is 0 Å². The molecule has 0 unspecified atom stereocenters. The molecular formula is C26H28N4O3. The molecule has 0 radical (unpaired) electrons. The van der Waals surface area contributed by atoms with Crippen LogP contribution in [0.5, 0.6) is 5.75 Å². The van der Waals surface area contributed by atoms with Crippen LogP contribution in [0.25, 0.3) is 10.9 Å². The molecule has 170 valence electrons. The van der Waals surface area contributed by atoms with Gasteiger partial charge in [0.15, 0.2) is 6.61 Å². The van der Waals surface area contributed by atoms with E-state index in [9.17, 15) is 9.59 Å². The van der Waals surface area contributed by atoms with Crippen LogP contribution in [-0.4, -0.2) is 59.4 Å². The van der Waals surface area contributed by atoms with Gasteiger partial charge in [-0.3, -0.25) is 19.5 Å². The molecule has 0 aliphatic carbocycles. The van der Waals surface area contributed by atoms with E-state index in [1.165, 1.54) is 0 Å². The summed E-state index contributed by atoms with van der Waals surface area (Å²) in [6.07, 6.45) is 1.07. The molecule has 3 aromatic rings. The topological polar surface area (TPSA) is 74.8 Å². The highest BCUT2D eigenvalue weighted by atomic mass is 16.5. The molecule has 2 aromatic carbocycles. The average molecular weight is 445 g/mol. The summed E-state index contributed by atoms with van der Waals surface area (Å²) in [5.41, 5.74) is 4.88. The maximum atomic E-state index is 12.8. The van der Waals surface area contributed by atoms with Crippen LogP contribution in [-0.2, 0) is 22.6 Å². The zero-order valence-electron chi connectivity index (χ0n) is 18.8. The van der Waals surface area contributed by atoms with Crippen LogP contribution in [0.1, 0.15) is 23.2 Å². The fourth-order valence-electron chi connectivity index (χ4n) is 4.56. The van der Waals surface area contributed by atoms with Gasteiger partial charge in [-0.1, -0.05) is 30.3 Å². The van der Waals surface area contributed by atoms with E-state index in [0.717, 1.165) is 53.0 Å². The zero-order valence-corrected chi connectivity index (χ0v) is 18.8. The molecule has 0 spiro atoms. The number of hydrogen-bond acceptors (Lipinski definition) is 5. The number of nitrogens with one attached hydrogen (secondary N) is 1. The van der Waals surface area contributed by atoms with Crippen molar-refractivity contribution in [1.29, 1.82) is 0 Å². The van der Waals surface area contributed by atoms with Gasteiger partial charge in [-0.15, -0.1) is 0 Å². The van der Waals surface area contributed by atoms with Gasteiger partial charge in [0.1, 0.15) is 5.75 Å². The van der Waals surface area contributed by atoms with Gasteiger partial charge in [-0.05, 0) is 37.1 Å². The highest BCUT2D eigenvalue weighted by Crippen LogP contribution is 2.34. The fourth-order valence-corrected chi connectivity index (χ4v) is 4.56. The number of fused-ring (bicyclic) bond motifs is 2. The normalized spacial score (nSPS) is 16.4. The van der Waals surface area contributed by atoms with E-state index in [2.05, 4.69) is 28.4 Å². The lowest BCUT2D eigenvalue weighted by Crippen LogP contribution is -2.49. The Bertz CT molecular complexity index is 1200. The van der Waals surface area contributed by atoms with Gasteiger partial charge in [0, 0.05) is 50.1 Å². The van der Waals surface area contributed by atoms with E-state index in [0.29, 0.717) is 31.7 Å². The summed E-state index contributed by atoms with van der Waals surface area (Å²) in [6.45, 7) is 5.74. The number of benzene rings is 2. The minimum atomic E-state index is -0.00681. The maximum Gasteiger partial charge on any atom is 0.260 e. The fraction of sp³-hybridized carbons (Fsp3) is 0.346. The molecule has 2 aliphatic rings. The molecule has 1 aromatic heterocycles. The molecule has 0 bridgehead atoms. The van der Waals surface area contributed by atoms with Crippen molar-refractivity contribution < 1.29 is 14.3 Å². The number of anilines is 1. The number of ether oxygens (including phenoxy) is 1. The van der Waals surface area contributed by atoms with Gasteiger partial charge < -0.3 is 15.0 Å². The van der Waals surface area contributed by atoms with Gasteiger partial charge in [0.2, 0.25) is 5.91 Å². The van der Waals surface area contributed by atoms with Crippen LogP contribution >= 0.6 is 0 Å². The van der Waals surface area contributed by atoms with Crippen molar-refractivity contribution in [2.45, 2.75) is 26.3 Å². The Morgan fingerprint density at radius 3 is 2.70 bits per heavy atom. The second-order valence-electron chi connectivity index (χ2n) is 8.72. The largest absolute Gasteiger partial charge is 0.483 e. The van der Waals surface area contributed by atoms with Crippen molar-refractivity contribution in [3.8, 4) is 5.75 Å². The number of carbonyl (C=O) groups excluding carboxylic acids is 2. The molecule has 5 rings (SSSR count). The van der Waals surface area contributed by atoms with Crippen molar-refractivity contribution in [3.05, 3.63) is 65.4 Å². The average Bonchev–Trinajstić information content (AvgIpc) is 2.84. The lowest BCUT2D eigenvalue weighted by atomic mass is 9.98. The quantitative estimate of drug-likeness (QED) is 0.654. The maximum absolute atomic E-state index is 12.8. The Kier molecular flexibility index (Phi) is 5.96. The summed E-state index contributed by atoms with van der Waals surface area (Å²) in [7, 11) is 0. The summed E-state index contributed by atoms with van der Waals surface area (Å²) < 4.78 is 5.91. The Balaban J connectivity index is 1.14. The Morgan fingerprint density at radius 2 is 1.85 bits per heavy atom. The molecule has 7 heteroatoms. The van der Waals surface area contributed by atoms with Gasteiger partial charge in [0.05, 0.1) is 16.9 Å². The van der Waals surface area contributed by atoms with E-state index < -0.39 is 0 Å². The second kappa shape index (κ2) is 9.19. The number of nitrogens with zero attached hydrogens (tertiary/aromatic N) is 3. The minimum Gasteiger partial charge on any atom is -0.483 e. The van der Waals surface area contributed by atoms with E-state index in [1.807, 2.05) is 42.2 Å². The van der Waals surface area contributed by atoms with Crippen LogP contribution in [0, 0.1) is 6.92 Å². The molecule has 0 saturated carbocycles. The lowest BCUT2D eigenvalue weighted by molar-refractivity contribution is -0.135. The van der Waals surface area contributed by atoms with Crippen molar-refractivity contribution in [3.63, 3.8) is 0 Å². The summed E-state index contributed by atoms with van der Waals surface area (Å²) >= 11 is 0. The van der Waals surface area contributed by atoms with Crippen molar-refractivity contribution in [2.24, 2.45) is 0 Å². The van der Waals surface area contributed by atoms with Gasteiger partial charge in [-0.25, -0.2) is 0 Å². The number of pyridine rings is 1. The third-order valence-electron chi connectivity index (χ3n) is 6.46.